The van der Waals surface area contributed by atoms with Crippen LogP contribution in [0.2, 0.25) is 0 Å². The van der Waals surface area contributed by atoms with Crippen LogP contribution in [0.4, 0.5) is 5.69 Å². The van der Waals surface area contributed by atoms with Crippen LogP contribution in [0.5, 0.6) is 5.75 Å². The highest BCUT2D eigenvalue weighted by Gasteiger charge is 2.32. The number of sulfonamides is 1. The standard InChI is InChI=1S/C29H34BrN3O5S/c1-5-38-26-17-15-25(16-18-26)33(39(36,37)27-9-7-6-8-10-27)20-28(34)32(22(4)29(35)31-21(2)3)19-23-11-13-24(30)14-12-23/h6-18,21-22H,5,19-20H2,1-4H3,(H,31,35)/t22-/m0/s1. The van der Waals surface area contributed by atoms with Crippen molar-refractivity contribution in [2.75, 3.05) is 17.5 Å². The molecule has 0 saturated heterocycles. The van der Waals surface area contributed by atoms with Crippen molar-refractivity contribution >= 4 is 43.5 Å². The highest BCUT2D eigenvalue weighted by Crippen LogP contribution is 2.26. The maximum Gasteiger partial charge on any atom is 0.264 e. The maximum atomic E-state index is 13.9. The van der Waals surface area contributed by atoms with E-state index >= 15 is 0 Å². The molecule has 0 aliphatic heterocycles. The van der Waals surface area contributed by atoms with Crippen LogP contribution in [0.1, 0.15) is 33.3 Å². The molecule has 0 spiro atoms. The molecule has 0 saturated carbocycles. The van der Waals surface area contributed by atoms with Gasteiger partial charge in [-0.25, -0.2) is 8.42 Å². The Kier molecular flexibility index (Phi) is 10.5. The second-order valence-electron chi connectivity index (χ2n) is 9.24. The first-order valence-corrected chi connectivity index (χ1v) is 14.9. The molecule has 0 aliphatic rings. The van der Waals surface area contributed by atoms with E-state index in [2.05, 4.69) is 21.2 Å². The van der Waals surface area contributed by atoms with Crippen molar-refractivity contribution in [1.29, 1.82) is 0 Å². The van der Waals surface area contributed by atoms with E-state index in [0.29, 0.717) is 18.0 Å². The summed E-state index contributed by atoms with van der Waals surface area (Å²) in [6.45, 7) is 7.27. The number of halogens is 1. The van der Waals surface area contributed by atoms with Gasteiger partial charge in [-0.05, 0) is 81.8 Å². The zero-order valence-corrected chi connectivity index (χ0v) is 24.9. The predicted molar refractivity (Wildman–Crippen MR) is 156 cm³/mol. The zero-order valence-electron chi connectivity index (χ0n) is 22.5. The lowest BCUT2D eigenvalue weighted by molar-refractivity contribution is -0.139. The molecule has 0 aliphatic carbocycles. The first-order chi connectivity index (χ1) is 18.5. The number of carbonyl (C=O) groups excluding carboxylic acids is 2. The van der Waals surface area contributed by atoms with Crippen molar-refractivity contribution in [2.45, 2.75) is 51.2 Å². The van der Waals surface area contributed by atoms with Gasteiger partial charge in [0.2, 0.25) is 11.8 Å². The fraction of sp³-hybridized carbons (Fsp3) is 0.310. The van der Waals surface area contributed by atoms with Crippen LogP contribution in [0.15, 0.2) is 88.2 Å². The quantitative estimate of drug-likeness (QED) is 0.310. The number of nitrogens with one attached hydrogen (secondary N) is 1. The Hall–Kier alpha value is -3.37. The molecule has 3 aromatic rings. The number of benzene rings is 3. The monoisotopic (exact) mass is 615 g/mol. The zero-order chi connectivity index (χ0) is 28.6. The normalized spacial score (nSPS) is 12.1. The third-order valence-corrected chi connectivity index (χ3v) is 8.23. The Labute approximate surface area is 239 Å². The molecule has 3 rings (SSSR count). The summed E-state index contributed by atoms with van der Waals surface area (Å²) in [6.07, 6.45) is 0. The number of hydrogen-bond donors (Lipinski definition) is 1. The molecule has 0 radical (unpaired) electrons. The molecule has 2 amide bonds. The van der Waals surface area contributed by atoms with Gasteiger partial charge in [-0.2, -0.15) is 0 Å². The van der Waals surface area contributed by atoms with Gasteiger partial charge in [0.15, 0.2) is 0 Å². The summed E-state index contributed by atoms with van der Waals surface area (Å²) in [7, 11) is -4.11. The van der Waals surface area contributed by atoms with Crippen molar-refractivity contribution in [3.8, 4) is 5.75 Å². The summed E-state index contributed by atoms with van der Waals surface area (Å²) >= 11 is 3.41. The number of anilines is 1. The molecule has 0 aromatic heterocycles. The first kappa shape index (κ1) is 30.2. The SMILES string of the molecule is CCOc1ccc(N(CC(=O)N(Cc2ccc(Br)cc2)[C@@H](C)C(=O)NC(C)C)S(=O)(=O)c2ccccc2)cc1. The van der Waals surface area contributed by atoms with E-state index in [-0.39, 0.29) is 23.4 Å². The largest absolute Gasteiger partial charge is 0.494 e. The van der Waals surface area contributed by atoms with Gasteiger partial charge in [-0.1, -0.05) is 46.3 Å². The van der Waals surface area contributed by atoms with Crippen LogP contribution in [0.3, 0.4) is 0 Å². The molecule has 3 aromatic carbocycles. The van der Waals surface area contributed by atoms with Crippen molar-refractivity contribution in [3.63, 3.8) is 0 Å². The van der Waals surface area contributed by atoms with E-state index in [1.54, 1.807) is 49.4 Å². The Morgan fingerprint density at radius 3 is 2.10 bits per heavy atom. The second kappa shape index (κ2) is 13.6. The summed E-state index contributed by atoms with van der Waals surface area (Å²) in [5.41, 5.74) is 1.10. The molecule has 1 N–H and O–H groups in total. The Balaban J connectivity index is 2.01. The third-order valence-electron chi connectivity index (χ3n) is 5.91. The molecule has 208 valence electrons. The maximum absolute atomic E-state index is 13.9. The summed E-state index contributed by atoms with van der Waals surface area (Å²) in [6, 6.07) is 20.9. The molecule has 39 heavy (non-hydrogen) atoms. The van der Waals surface area contributed by atoms with Gasteiger partial charge < -0.3 is 15.0 Å². The molecule has 1 atom stereocenters. The van der Waals surface area contributed by atoms with E-state index in [1.807, 2.05) is 45.0 Å². The van der Waals surface area contributed by atoms with Crippen LogP contribution in [-0.4, -0.2) is 50.4 Å². The minimum absolute atomic E-state index is 0.0525. The average Bonchev–Trinajstić information content (AvgIpc) is 2.91. The number of amides is 2. The Morgan fingerprint density at radius 2 is 1.54 bits per heavy atom. The molecule has 0 heterocycles. The van der Waals surface area contributed by atoms with E-state index < -0.39 is 28.5 Å². The van der Waals surface area contributed by atoms with Crippen molar-refractivity contribution < 1.29 is 22.7 Å². The second-order valence-corrected chi connectivity index (χ2v) is 12.0. The lowest BCUT2D eigenvalue weighted by Crippen LogP contribution is -2.52. The molecular formula is C29H34BrN3O5S. The lowest BCUT2D eigenvalue weighted by atomic mass is 10.1. The van der Waals surface area contributed by atoms with Crippen LogP contribution in [-0.2, 0) is 26.2 Å². The number of ether oxygens (including phenoxy) is 1. The van der Waals surface area contributed by atoms with Gasteiger partial charge in [0.05, 0.1) is 17.2 Å². The summed E-state index contributed by atoms with van der Waals surface area (Å²) in [5, 5.41) is 2.85. The van der Waals surface area contributed by atoms with Gasteiger partial charge in [0.25, 0.3) is 10.0 Å². The third kappa shape index (κ3) is 8.06. The molecule has 0 fully saturated rings. The molecule has 10 heteroatoms. The molecule has 0 bridgehead atoms. The van der Waals surface area contributed by atoms with Crippen molar-refractivity contribution in [3.05, 3.63) is 88.9 Å². The van der Waals surface area contributed by atoms with Crippen molar-refractivity contribution in [2.24, 2.45) is 0 Å². The summed E-state index contributed by atoms with van der Waals surface area (Å²) in [4.78, 5) is 28.3. The average molecular weight is 617 g/mol. The minimum atomic E-state index is -4.11. The lowest BCUT2D eigenvalue weighted by Gasteiger charge is -2.32. The van der Waals surface area contributed by atoms with Gasteiger partial charge in [0, 0.05) is 17.1 Å². The summed E-state index contributed by atoms with van der Waals surface area (Å²) in [5.74, 6) is -0.257. The topological polar surface area (TPSA) is 96.0 Å². The fourth-order valence-electron chi connectivity index (χ4n) is 3.90. The van der Waals surface area contributed by atoms with Crippen LogP contribution < -0.4 is 14.4 Å². The fourth-order valence-corrected chi connectivity index (χ4v) is 5.60. The Morgan fingerprint density at radius 1 is 0.923 bits per heavy atom. The molecule has 0 unspecified atom stereocenters. The predicted octanol–water partition coefficient (Wildman–Crippen LogP) is 4.99. The van der Waals surface area contributed by atoms with Gasteiger partial charge >= 0.3 is 0 Å². The number of carbonyl (C=O) groups is 2. The van der Waals surface area contributed by atoms with Crippen LogP contribution >= 0.6 is 15.9 Å². The number of hydrogen-bond acceptors (Lipinski definition) is 5. The van der Waals surface area contributed by atoms with E-state index in [1.165, 1.54) is 17.0 Å². The van der Waals surface area contributed by atoms with Crippen LogP contribution in [0.25, 0.3) is 0 Å². The van der Waals surface area contributed by atoms with Gasteiger partial charge in [0.1, 0.15) is 18.3 Å². The van der Waals surface area contributed by atoms with E-state index in [0.717, 1.165) is 14.3 Å². The summed E-state index contributed by atoms with van der Waals surface area (Å²) < 4.78 is 35.0. The smallest absolute Gasteiger partial charge is 0.264 e. The highest BCUT2D eigenvalue weighted by molar-refractivity contribution is 9.10. The number of nitrogens with zero attached hydrogens (tertiary/aromatic N) is 2. The van der Waals surface area contributed by atoms with Gasteiger partial charge in [-0.3, -0.25) is 13.9 Å². The van der Waals surface area contributed by atoms with E-state index in [4.69, 9.17) is 4.74 Å². The molecular weight excluding hydrogens is 582 g/mol. The van der Waals surface area contributed by atoms with E-state index in [9.17, 15) is 18.0 Å². The first-order valence-electron chi connectivity index (χ1n) is 12.7. The van der Waals surface area contributed by atoms with Crippen LogP contribution in [0, 0.1) is 0 Å². The highest BCUT2D eigenvalue weighted by atomic mass is 79.9. The minimum Gasteiger partial charge on any atom is -0.494 e. The Bertz CT molecular complexity index is 1350. The van der Waals surface area contributed by atoms with Gasteiger partial charge in [-0.15, -0.1) is 0 Å². The number of rotatable bonds is 12. The van der Waals surface area contributed by atoms with Crippen molar-refractivity contribution in [1.82, 2.24) is 10.2 Å². The molecule has 8 nitrogen and oxygen atoms in total.